The lowest BCUT2D eigenvalue weighted by Crippen LogP contribution is -2.03. The van der Waals surface area contributed by atoms with Crippen LogP contribution < -0.4 is 0 Å². The smallest absolute Gasteiger partial charge is 0.335 e. The highest BCUT2D eigenvalue weighted by molar-refractivity contribution is 6.03. The van der Waals surface area contributed by atoms with Crippen LogP contribution >= 0.6 is 0 Å². The van der Waals surface area contributed by atoms with Crippen LogP contribution in [0.3, 0.4) is 0 Å². The standard InChI is InChI=1S/C55H48N4O4/c1-27-18-30(4)47(31(5)19-27)51-41-12-10-39(56-41)50(36-24-37(54(60)61)26-38(25-36)55(62)63)40-11-13-42(57-40)52(48-32(6)20-28(2)21-33(48)7)44-15-17-46(59-44)53(45-16-14-43(51)58-45)49-34(8)22-29(3)23-35(49)9/h10-26,56,59H,1-9H3,(H,60,61)(H,62,63). The maximum atomic E-state index is 12.5. The molecule has 5 heterocycles. The Morgan fingerprint density at radius 3 is 0.937 bits per heavy atom. The Hall–Kier alpha value is -7.58. The van der Waals surface area contributed by atoms with E-state index in [1.54, 1.807) is 0 Å². The third-order valence-electron chi connectivity index (χ3n) is 12.3. The Kier molecular flexibility index (Phi) is 9.98. The monoisotopic (exact) mass is 828 g/mol. The molecule has 0 saturated heterocycles. The van der Waals surface area contributed by atoms with Crippen molar-refractivity contribution in [2.45, 2.75) is 62.3 Å². The van der Waals surface area contributed by atoms with Crippen molar-refractivity contribution in [3.05, 3.63) is 163 Å². The van der Waals surface area contributed by atoms with E-state index < -0.39 is 11.9 Å². The molecule has 4 aromatic carbocycles. The summed E-state index contributed by atoms with van der Waals surface area (Å²) in [5, 5.41) is 20.4. The number of aromatic carboxylic acids is 2. The average molecular weight is 829 g/mol. The van der Waals surface area contributed by atoms with Gasteiger partial charge in [0.05, 0.1) is 33.9 Å². The number of carboxylic acids is 2. The Morgan fingerprint density at radius 2 is 0.651 bits per heavy atom. The molecule has 0 saturated carbocycles. The minimum Gasteiger partial charge on any atom is -0.478 e. The highest BCUT2D eigenvalue weighted by Crippen LogP contribution is 2.42. The van der Waals surface area contributed by atoms with Gasteiger partial charge in [-0.3, -0.25) is 0 Å². The molecule has 63 heavy (non-hydrogen) atoms. The zero-order valence-corrected chi connectivity index (χ0v) is 36.9. The summed E-state index contributed by atoms with van der Waals surface area (Å²) in [6, 6.07) is 25.6. The van der Waals surface area contributed by atoms with Crippen LogP contribution in [-0.4, -0.2) is 42.1 Å². The van der Waals surface area contributed by atoms with E-state index in [2.05, 4.69) is 133 Å². The maximum Gasteiger partial charge on any atom is 0.335 e. The molecular formula is C55H48N4O4. The number of hydrogen-bond acceptors (Lipinski definition) is 4. The molecule has 8 heteroatoms. The van der Waals surface area contributed by atoms with Crippen LogP contribution in [-0.2, 0) is 0 Å². The Labute approximate surface area is 366 Å². The number of carboxylic acid groups (broad SMARTS) is 2. The van der Waals surface area contributed by atoms with Crippen molar-refractivity contribution in [3.8, 4) is 44.5 Å². The van der Waals surface area contributed by atoms with Gasteiger partial charge in [-0.05, 0) is 185 Å². The van der Waals surface area contributed by atoms with Crippen molar-refractivity contribution in [2.75, 3.05) is 0 Å². The number of benzene rings is 4. The number of H-pyrrole nitrogens is 2. The van der Waals surface area contributed by atoms with Crippen LogP contribution in [0.5, 0.6) is 0 Å². The number of rotatable bonds is 6. The molecular weight excluding hydrogens is 781 g/mol. The Bertz CT molecular complexity index is 3240. The molecule has 8 bridgehead atoms. The van der Waals surface area contributed by atoms with Gasteiger partial charge in [-0.15, -0.1) is 0 Å². The van der Waals surface area contributed by atoms with Gasteiger partial charge < -0.3 is 20.2 Å². The molecule has 312 valence electrons. The zero-order valence-electron chi connectivity index (χ0n) is 36.9. The van der Waals surface area contributed by atoms with E-state index in [0.29, 0.717) is 28.0 Å². The number of aromatic nitrogens is 4. The molecule has 0 radical (unpaired) electrons. The first kappa shape index (κ1) is 40.8. The number of carbonyl (C=O) groups is 2. The second-order valence-corrected chi connectivity index (χ2v) is 17.2. The van der Waals surface area contributed by atoms with Crippen LogP contribution in [0.1, 0.15) is 93.6 Å². The van der Waals surface area contributed by atoms with Gasteiger partial charge in [-0.25, -0.2) is 19.6 Å². The van der Waals surface area contributed by atoms with Crippen LogP contribution in [0.4, 0.5) is 0 Å². The van der Waals surface area contributed by atoms with Crippen molar-refractivity contribution in [3.63, 3.8) is 0 Å². The van der Waals surface area contributed by atoms with Gasteiger partial charge in [0.15, 0.2) is 0 Å². The van der Waals surface area contributed by atoms with Gasteiger partial charge in [0, 0.05) is 44.3 Å². The molecule has 3 aromatic heterocycles. The van der Waals surface area contributed by atoms with Crippen LogP contribution in [0.25, 0.3) is 90.9 Å². The summed E-state index contributed by atoms with van der Waals surface area (Å²) in [6.45, 7) is 19.1. The largest absolute Gasteiger partial charge is 0.478 e. The Balaban J connectivity index is 1.54. The lowest BCUT2D eigenvalue weighted by Gasteiger charge is -2.14. The summed E-state index contributed by atoms with van der Waals surface area (Å²) in [5.41, 5.74) is 22.9. The van der Waals surface area contributed by atoms with Gasteiger partial charge in [0.2, 0.25) is 0 Å². The van der Waals surface area contributed by atoms with Crippen LogP contribution in [0, 0.1) is 62.3 Å². The highest BCUT2D eigenvalue weighted by atomic mass is 16.4. The van der Waals surface area contributed by atoms with E-state index in [1.807, 2.05) is 24.3 Å². The predicted octanol–water partition coefficient (Wildman–Crippen LogP) is 13.5. The van der Waals surface area contributed by atoms with Gasteiger partial charge in [0.25, 0.3) is 0 Å². The lowest BCUT2D eigenvalue weighted by atomic mass is 9.92. The topological polar surface area (TPSA) is 132 Å². The van der Waals surface area contributed by atoms with Crippen LogP contribution in [0.2, 0.25) is 0 Å². The third-order valence-corrected chi connectivity index (χ3v) is 12.3. The summed E-state index contributed by atoms with van der Waals surface area (Å²) in [7, 11) is 0. The second kappa shape index (κ2) is 15.4. The number of hydrogen-bond donors (Lipinski definition) is 4. The van der Waals surface area contributed by atoms with E-state index in [0.717, 1.165) is 106 Å². The molecule has 4 N–H and O–H groups in total. The molecule has 0 atom stereocenters. The second-order valence-electron chi connectivity index (χ2n) is 17.2. The quantitative estimate of drug-likeness (QED) is 0.132. The Morgan fingerprint density at radius 1 is 0.381 bits per heavy atom. The number of nitrogens with zero attached hydrogens (tertiary/aromatic N) is 2. The fourth-order valence-corrected chi connectivity index (χ4v) is 10.0. The van der Waals surface area contributed by atoms with E-state index in [1.165, 1.54) is 23.8 Å². The van der Waals surface area contributed by atoms with Crippen molar-refractivity contribution >= 4 is 58.3 Å². The molecule has 8 nitrogen and oxygen atoms in total. The van der Waals surface area contributed by atoms with E-state index in [-0.39, 0.29) is 11.1 Å². The fourth-order valence-electron chi connectivity index (χ4n) is 10.0. The zero-order chi connectivity index (χ0) is 44.6. The van der Waals surface area contributed by atoms with E-state index in [4.69, 9.17) is 9.97 Å². The van der Waals surface area contributed by atoms with E-state index in [9.17, 15) is 19.8 Å². The first-order valence-electron chi connectivity index (χ1n) is 21.1. The SMILES string of the molecule is Cc1cc(C)c(-c2c3nc(c(-c4c(C)cc(C)cc4C)c4ccc([nH]4)c(-c4c(C)cc(C)cc4C)c4nc(c(-c5cc(C(=O)O)cc(C(=O)O)c5)c5ccc2[nH]5)C=C4)C=C3)c(C)c1. The summed E-state index contributed by atoms with van der Waals surface area (Å²) in [4.78, 5) is 43.5. The highest BCUT2D eigenvalue weighted by Gasteiger charge is 2.23. The normalized spacial score (nSPS) is 12.0. The van der Waals surface area contributed by atoms with Gasteiger partial charge in [-0.1, -0.05) is 53.1 Å². The first-order chi connectivity index (χ1) is 30.1. The number of aryl methyl sites for hydroxylation is 9. The summed E-state index contributed by atoms with van der Waals surface area (Å²) in [6.07, 6.45) is 8.12. The van der Waals surface area contributed by atoms with Gasteiger partial charge >= 0.3 is 11.9 Å². The van der Waals surface area contributed by atoms with Gasteiger partial charge in [0.1, 0.15) is 0 Å². The van der Waals surface area contributed by atoms with Gasteiger partial charge in [-0.2, -0.15) is 0 Å². The maximum absolute atomic E-state index is 12.5. The van der Waals surface area contributed by atoms with E-state index >= 15 is 0 Å². The van der Waals surface area contributed by atoms with Crippen molar-refractivity contribution < 1.29 is 19.8 Å². The number of aromatic amines is 2. The number of fused-ring (bicyclic) bond motifs is 8. The summed E-state index contributed by atoms with van der Waals surface area (Å²) >= 11 is 0. The van der Waals surface area contributed by atoms with Crippen molar-refractivity contribution in [2.24, 2.45) is 0 Å². The molecule has 0 spiro atoms. The lowest BCUT2D eigenvalue weighted by molar-refractivity contribution is 0.0696. The molecule has 7 aromatic rings. The summed E-state index contributed by atoms with van der Waals surface area (Å²) < 4.78 is 0. The summed E-state index contributed by atoms with van der Waals surface area (Å²) in [5.74, 6) is -2.46. The van der Waals surface area contributed by atoms with Crippen molar-refractivity contribution in [1.82, 2.24) is 19.9 Å². The van der Waals surface area contributed by atoms with Crippen LogP contribution in [0.15, 0.2) is 78.9 Å². The minimum absolute atomic E-state index is 0.141. The first-order valence-corrected chi connectivity index (χ1v) is 21.1. The molecule has 0 fully saturated rings. The predicted molar refractivity (Wildman–Crippen MR) is 257 cm³/mol. The fraction of sp³-hybridized carbons (Fsp3) is 0.164. The molecule has 9 rings (SSSR count). The average Bonchev–Trinajstić information content (AvgIpc) is 4.05. The molecule has 2 aliphatic heterocycles. The molecule has 0 aliphatic carbocycles. The number of nitrogens with one attached hydrogen (secondary N) is 2. The van der Waals surface area contributed by atoms with Crippen molar-refractivity contribution in [1.29, 1.82) is 0 Å². The molecule has 2 aliphatic rings. The third kappa shape index (κ3) is 7.17. The molecule has 0 amide bonds. The molecule has 0 unspecified atom stereocenters. The minimum atomic E-state index is -1.23.